The Bertz CT molecular complexity index is 980. The first-order valence-corrected chi connectivity index (χ1v) is 9.86. The van der Waals surface area contributed by atoms with E-state index in [1.165, 1.54) is 4.90 Å². The van der Waals surface area contributed by atoms with Gasteiger partial charge in [-0.15, -0.1) is 0 Å². The molecular weight excluding hydrogens is 439 g/mol. The molecule has 1 aliphatic rings. The summed E-state index contributed by atoms with van der Waals surface area (Å²) in [5.74, 6) is -2.05. The highest BCUT2D eigenvalue weighted by atomic mass is 35.5. The number of hydrogen-bond acceptors (Lipinski definition) is 4. The summed E-state index contributed by atoms with van der Waals surface area (Å²) >= 11 is 18.0. The van der Waals surface area contributed by atoms with Crippen LogP contribution in [0.4, 0.5) is 11.4 Å². The number of esters is 1. The molecule has 9 heteroatoms. The molecule has 0 bridgehead atoms. The normalized spacial score (nSPS) is 16.1. The number of anilines is 2. The van der Waals surface area contributed by atoms with E-state index in [0.29, 0.717) is 21.4 Å². The summed E-state index contributed by atoms with van der Waals surface area (Å²) in [5, 5.41) is 3.56. The van der Waals surface area contributed by atoms with Gasteiger partial charge in [-0.3, -0.25) is 14.4 Å². The second kappa shape index (κ2) is 9.03. The van der Waals surface area contributed by atoms with E-state index in [1.54, 1.807) is 30.3 Å². The summed E-state index contributed by atoms with van der Waals surface area (Å²) in [6.07, 6.45) is 0.00602. The van der Waals surface area contributed by atoms with Crippen LogP contribution in [0.3, 0.4) is 0 Å². The highest BCUT2D eigenvalue weighted by molar-refractivity contribution is 6.44. The number of carbonyl (C=O) groups excluding carboxylic acids is 3. The molecule has 0 aromatic heterocycles. The first-order chi connectivity index (χ1) is 13.8. The number of nitrogens with one attached hydrogen (secondary N) is 1. The molecule has 1 heterocycles. The highest BCUT2D eigenvalue weighted by Gasteiger charge is 2.36. The van der Waals surface area contributed by atoms with Gasteiger partial charge in [0, 0.05) is 23.7 Å². The number of halogens is 3. The summed E-state index contributed by atoms with van der Waals surface area (Å²) in [4.78, 5) is 38.1. The van der Waals surface area contributed by atoms with Crippen molar-refractivity contribution in [2.75, 3.05) is 23.4 Å². The van der Waals surface area contributed by atoms with Crippen LogP contribution < -0.4 is 10.2 Å². The van der Waals surface area contributed by atoms with E-state index < -0.39 is 24.4 Å². The van der Waals surface area contributed by atoms with Crippen molar-refractivity contribution in [1.29, 1.82) is 0 Å². The zero-order valence-corrected chi connectivity index (χ0v) is 17.6. The van der Waals surface area contributed by atoms with Crippen molar-refractivity contribution in [1.82, 2.24) is 0 Å². The fraction of sp³-hybridized carbons (Fsp3) is 0.250. The SMILES string of the molecule is Cc1ccc(N2C[C@H](C(=O)OCC(=O)Nc3cccc(Cl)c3Cl)CC2=O)cc1Cl. The first-order valence-electron chi connectivity index (χ1n) is 8.73. The van der Waals surface area contributed by atoms with Crippen LogP contribution >= 0.6 is 34.8 Å². The van der Waals surface area contributed by atoms with E-state index in [9.17, 15) is 14.4 Å². The third-order valence-corrected chi connectivity index (χ3v) is 5.72. The molecule has 6 nitrogen and oxygen atoms in total. The second-order valence-electron chi connectivity index (χ2n) is 6.60. The lowest BCUT2D eigenvalue weighted by Crippen LogP contribution is -2.28. The summed E-state index contributed by atoms with van der Waals surface area (Å²) < 4.78 is 5.07. The summed E-state index contributed by atoms with van der Waals surface area (Å²) in [7, 11) is 0. The van der Waals surface area contributed by atoms with E-state index in [-0.39, 0.29) is 23.9 Å². The van der Waals surface area contributed by atoms with Gasteiger partial charge in [0.2, 0.25) is 5.91 Å². The fourth-order valence-electron chi connectivity index (χ4n) is 2.91. The molecule has 2 aromatic rings. The fourth-order valence-corrected chi connectivity index (χ4v) is 3.43. The lowest BCUT2D eigenvalue weighted by molar-refractivity contribution is -0.151. The van der Waals surface area contributed by atoms with Crippen molar-refractivity contribution < 1.29 is 19.1 Å². The average Bonchev–Trinajstić information content (AvgIpc) is 3.07. The molecule has 1 N–H and O–H groups in total. The molecule has 1 fully saturated rings. The Balaban J connectivity index is 1.56. The van der Waals surface area contributed by atoms with Gasteiger partial charge in [0.15, 0.2) is 6.61 Å². The summed E-state index contributed by atoms with van der Waals surface area (Å²) in [6, 6.07) is 10.1. The van der Waals surface area contributed by atoms with Gasteiger partial charge in [0.25, 0.3) is 5.91 Å². The van der Waals surface area contributed by atoms with Gasteiger partial charge < -0.3 is 15.0 Å². The number of aryl methyl sites for hydroxylation is 1. The molecule has 29 heavy (non-hydrogen) atoms. The molecule has 0 radical (unpaired) electrons. The Morgan fingerprint density at radius 2 is 1.93 bits per heavy atom. The van der Waals surface area contributed by atoms with Crippen LogP contribution in [0.2, 0.25) is 15.1 Å². The van der Waals surface area contributed by atoms with Crippen molar-refractivity contribution in [2.24, 2.45) is 5.92 Å². The minimum Gasteiger partial charge on any atom is -0.455 e. The molecule has 2 aromatic carbocycles. The van der Waals surface area contributed by atoms with Crippen LogP contribution in [-0.2, 0) is 19.1 Å². The Morgan fingerprint density at radius 1 is 1.17 bits per heavy atom. The van der Waals surface area contributed by atoms with Gasteiger partial charge in [-0.05, 0) is 36.8 Å². The van der Waals surface area contributed by atoms with E-state index in [0.717, 1.165) is 5.56 Å². The maximum atomic E-state index is 12.3. The Morgan fingerprint density at radius 3 is 2.66 bits per heavy atom. The number of benzene rings is 2. The van der Waals surface area contributed by atoms with Crippen molar-refractivity contribution >= 4 is 64.0 Å². The zero-order chi connectivity index (χ0) is 21.1. The lowest BCUT2D eigenvalue weighted by atomic mass is 10.1. The Labute approximate surface area is 182 Å². The molecule has 0 saturated carbocycles. The van der Waals surface area contributed by atoms with Crippen molar-refractivity contribution in [2.45, 2.75) is 13.3 Å². The van der Waals surface area contributed by atoms with Crippen molar-refractivity contribution in [3.8, 4) is 0 Å². The number of hydrogen-bond donors (Lipinski definition) is 1. The topological polar surface area (TPSA) is 75.7 Å². The quantitative estimate of drug-likeness (QED) is 0.674. The van der Waals surface area contributed by atoms with E-state index >= 15 is 0 Å². The first kappa shape index (κ1) is 21.4. The largest absolute Gasteiger partial charge is 0.455 e. The van der Waals surface area contributed by atoms with Crippen LogP contribution in [0.25, 0.3) is 0 Å². The van der Waals surface area contributed by atoms with Gasteiger partial charge in [0.1, 0.15) is 0 Å². The number of nitrogens with zero attached hydrogens (tertiary/aromatic N) is 1. The molecule has 0 aliphatic carbocycles. The smallest absolute Gasteiger partial charge is 0.311 e. The number of rotatable bonds is 5. The predicted molar refractivity (Wildman–Crippen MR) is 113 cm³/mol. The molecule has 0 spiro atoms. The maximum Gasteiger partial charge on any atom is 0.311 e. The van der Waals surface area contributed by atoms with Crippen molar-refractivity contribution in [3.63, 3.8) is 0 Å². The summed E-state index contributed by atoms with van der Waals surface area (Å²) in [6.45, 7) is 1.53. The van der Waals surface area contributed by atoms with Crippen molar-refractivity contribution in [3.05, 3.63) is 57.0 Å². The lowest BCUT2D eigenvalue weighted by Gasteiger charge is -2.17. The molecule has 152 valence electrons. The van der Waals surface area contributed by atoms with Gasteiger partial charge in [0.05, 0.1) is 21.7 Å². The van der Waals surface area contributed by atoms with Crippen LogP contribution in [-0.4, -0.2) is 30.9 Å². The minimum absolute atomic E-state index is 0.00602. The van der Waals surface area contributed by atoms with Crippen LogP contribution in [0.15, 0.2) is 36.4 Å². The van der Waals surface area contributed by atoms with Crippen LogP contribution in [0.5, 0.6) is 0 Å². The maximum absolute atomic E-state index is 12.3. The molecule has 0 unspecified atom stereocenters. The summed E-state index contributed by atoms with van der Waals surface area (Å²) in [5.41, 5.74) is 1.83. The Hall–Kier alpha value is -2.28. The minimum atomic E-state index is -0.662. The van der Waals surface area contributed by atoms with Gasteiger partial charge >= 0.3 is 5.97 Å². The zero-order valence-electron chi connectivity index (χ0n) is 15.4. The molecule has 3 rings (SSSR count). The molecule has 1 aliphatic heterocycles. The van der Waals surface area contributed by atoms with Gasteiger partial charge in [-0.1, -0.05) is 46.9 Å². The number of carbonyl (C=O) groups is 3. The molecule has 1 atom stereocenters. The monoisotopic (exact) mass is 454 g/mol. The van der Waals surface area contributed by atoms with Gasteiger partial charge in [-0.2, -0.15) is 0 Å². The molecule has 2 amide bonds. The predicted octanol–water partition coefficient (Wildman–Crippen LogP) is 4.49. The van der Waals surface area contributed by atoms with E-state index in [4.69, 9.17) is 39.5 Å². The highest BCUT2D eigenvalue weighted by Crippen LogP contribution is 2.30. The van der Waals surface area contributed by atoms with Gasteiger partial charge in [-0.25, -0.2) is 0 Å². The second-order valence-corrected chi connectivity index (χ2v) is 7.79. The Kier molecular flexibility index (Phi) is 6.67. The van der Waals surface area contributed by atoms with Crippen LogP contribution in [0, 0.1) is 12.8 Å². The van der Waals surface area contributed by atoms with E-state index in [1.807, 2.05) is 13.0 Å². The number of ether oxygens (including phenoxy) is 1. The molecule has 1 saturated heterocycles. The third kappa shape index (κ3) is 5.01. The number of amides is 2. The third-order valence-electron chi connectivity index (χ3n) is 4.50. The average molecular weight is 456 g/mol. The van der Waals surface area contributed by atoms with Crippen LogP contribution in [0.1, 0.15) is 12.0 Å². The standard InChI is InChI=1S/C20H17Cl3N2O4/c1-11-5-6-13(8-15(11)22)25-9-12(7-18(25)27)20(28)29-10-17(26)24-16-4-2-3-14(21)19(16)23/h2-6,8,12H,7,9-10H2,1H3,(H,24,26)/t12-/m1/s1. The van der Waals surface area contributed by atoms with E-state index in [2.05, 4.69) is 5.32 Å². The molecular formula is C20H17Cl3N2O4.